The van der Waals surface area contributed by atoms with E-state index in [9.17, 15) is 0 Å². The van der Waals surface area contributed by atoms with Crippen LogP contribution in [0.1, 0.15) is 30.5 Å². The first-order chi connectivity index (χ1) is 8.85. The Labute approximate surface area is 108 Å². The Hall–Kier alpha value is -1.32. The molecule has 4 N–H and O–H groups in total. The molecule has 0 spiro atoms. The molecule has 3 nitrogen and oxygen atoms in total. The molecular formula is C15H21N3. The Bertz CT molecular complexity index is 526. The SMILES string of the molecule is NCc1ccc2cc(CNCC3CCC3)[nH]c2c1. The highest BCUT2D eigenvalue weighted by atomic mass is 14.9. The minimum Gasteiger partial charge on any atom is -0.357 e. The highest BCUT2D eigenvalue weighted by Crippen LogP contribution is 2.25. The van der Waals surface area contributed by atoms with Crippen LogP contribution in [0, 0.1) is 5.92 Å². The van der Waals surface area contributed by atoms with Crippen LogP contribution in [0.5, 0.6) is 0 Å². The van der Waals surface area contributed by atoms with Crippen LogP contribution in [-0.2, 0) is 13.1 Å². The molecule has 1 heterocycles. The van der Waals surface area contributed by atoms with Crippen molar-refractivity contribution < 1.29 is 0 Å². The number of aromatic nitrogens is 1. The van der Waals surface area contributed by atoms with E-state index >= 15 is 0 Å². The Morgan fingerprint density at radius 1 is 1.28 bits per heavy atom. The summed E-state index contributed by atoms with van der Waals surface area (Å²) in [6.45, 7) is 2.69. The molecule has 0 saturated heterocycles. The lowest BCUT2D eigenvalue weighted by molar-refractivity contribution is 0.301. The van der Waals surface area contributed by atoms with Gasteiger partial charge in [0.05, 0.1) is 0 Å². The van der Waals surface area contributed by atoms with Crippen LogP contribution in [0.4, 0.5) is 0 Å². The van der Waals surface area contributed by atoms with E-state index in [0.29, 0.717) is 6.54 Å². The number of fused-ring (bicyclic) bond motifs is 1. The summed E-state index contributed by atoms with van der Waals surface area (Å²) in [5.41, 5.74) is 9.29. The van der Waals surface area contributed by atoms with Gasteiger partial charge in [-0.3, -0.25) is 0 Å². The van der Waals surface area contributed by atoms with Gasteiger partial charge in [0.1, 0.15) is 0 Å². The van der Waals surface area contributed by atoms with Gasteiger partial charge in [-0.05, 0) is 48.4 Å². The standard InChI is InChI=1S/C15H21N3/c16-8-12-4-5-13-7-14(18-15(13)6-12)10-17-9-11-2-1-3-11/h4-7,11,17-18H,1-3,8-10,16H2. The Morgan fingerprint density at radius 2 is 2.17 bits per heavy atom. The van der Waals surface area contributed by atoms with E-state index in [-0.39, 0.29) is 0 Å². The van der Waals surface area contributed by atoms with Gasteiger partial charge < -0.3 is 16.0 Å². The van der Waals surface area contributed by atoms with E-state index in [1.165, 1.54) is 41.4 Å². The van der Waals surface area contributed by atoms with Crippen molar-refractivity contribution in [2.24, 2.45) is 11.7 Å². The summed E-state index contributed by atoms with van der Waals surface area (Å²) in [4.78, 5) is 3.46. The zero-order valence-electron chi connectivity index (χ0n) is 10.7. The second-order valence-corrected chi connectivity index (χ2v) is 5.35. The first-order valence-corrected chi connectivity index (χ1v) is 6.86. The quantitative estimate of drug-likeness (QED) is 0.756. The fraction of sp³-hybridized carbons (Fsp3) is 0.467. The summed E-state index contributed by atoms with van der Waals surface area (Å²) in [5.74, 6) is 0.915. The molecule has 3 heteroatoms. The Kier molecular flexibility index (Phi) is 3.35. The van der Waals surface area contributed by atoms with Crippen molar-refractivity contribution in [3.8, 4) is 0 Å². The summed E-state index contributed by atoms with van der Waals surface area (Å²) in [7, 11) is 0. The number of hydrogen-bond donors (Lipinski definition) is 3. The van der Waals surface area contributed by atoms with E-state index in [1.807, 2.05) is 0 Å². The summed E-state index contributed by atoms with van der Waals surface area (Å²) >= 11 is 0. The Morgan fingerprint density at radius 3 is 2.89 bits per heavy atom. The van der Waals surface area contributed by atoms with E-state index < -0.39 is 0 Å². The van der Waals surface area contributed by atoms with Gasteiger partial charge in [0.25, 0.3) is 0 Å². The molecule has 18 heavy (non-hydrogen) atoms. The molecule has 0 radical (unpaired) electrons. The van der Waals surface area contributed by atoms with Gasteiger partial charge in [-0.1, -0.05) is 18.6 Å². The second kappa shape index (κ2) is 5.12. The highest BCUT2D eigenvalue weighted by molar-refractivity contribution is 5.81. The maximum atomic E-state index is 5.66. The summed E-state index contributed by atoms with van der Waals surface area (Å²) in [6.07, 6.45) is 4.22. The molecule has 0 aliphatic heterocycles. The first kappa shape index (κ1) is 11.8. The molecular weight excluding hydrogens is 222 g/mol. The lowest BCUT2D eigenvalue weighted by Gasteiger charge is -2.25. The molecule has 0 bridgehead atoms. The monoisotopic (exact) mass is 243 g/mol. The van der Waals surface area contributed by atoms with Gasteiger partial charge in [-0.25, -0.2) is 0 Å². The fourth-order valence-electron chi connectivity index (χ4n) is 2.56. The number of rotatable bonds is 5. The van der Waals surface area contributed by atoms with Crippen LogP contribution in [0.15, 0.2) is 24.3 Å². The maximum absolute atomic E-state index is 5.66. The maximum Gasteiger partial charge on any atom is 0.0459 e. The molecule has 0 amide bonds. The average molecular weight is 243 g/mol. The number of H-pyrrole nitrogens is 1. The second-order valence-electron chi connectivity index (χ2n) is 5.35. The average Bonchev–Trinajstić information content (AvgIpc) is 2.73. The van der Waals surface area contributed by atoms with Gasteiger partial charge >= 0.3 is 0 Å². The van der Waals surface area contributed by atoms with Crippen molar-refractivity contribution in [3.63, 3.8) is 0 Å². The van der Waals surface area contributed by atoms with Crippen LogP contribution in [0.3, 0.4) is 0 Å². The number of benzene rings is 1. The van der Waals surface area contributed by atoms with Gasteiger partial charge in [-0.2, -0.15) is 0 Å². The normalized spacial score (nSPS) is 16.1. The van der Waals surface area contributed by atoms with Crippen molar-refractivity contribution in [1.29, 1.82) is 0 Å². The minimum atomic E-state index is 0.601. The number of hydrogen-bond acceptors (Lipinski definition) is 2. The van der Waals surface area contributed by atoms with Gasteiger partial charge in [0.15, 0.2) is 0 Å². The highest BCUT2D eigenvalue weighted by Gasteiger charge is 2.16. The van der Waals surface area contributed by atoms with Crippen molar-refractivity contribution in [2.75, 3.05) is 6.54 Å². The molecule has 1 fully saturated rings. The van der Waals surface area contributed by atoms with Crippen molar-refractivity contribution >= 4 is 10.9 Å². The van der Waals surface area contributed by atoms with Gasteiger partial charge in [-0.15, -0.1) is 0 Å². The van der Waals surface area contributed by atoms with E-state index in [1.54, 1.807) is 0 Å². The number of nitrogens with one attached hydrogen (secondary N) is 2. The molecule has 1 aliphatic carbocycles. The molecule has 0 atom stereocenters. The molecule has 3 rings (SSSR count). The molecule has 96 valence electrons. The molecule has 1 aromatic heterocycles. The predicted molar refractivity (Wildman–Crippen MR) is 75.2 cm³/mol. The third-order valence-electron chi connectivity index (χ3n) is 3.95. The summed E-state index contributed by atoms with van der Waals surface area (Å²) in [5, 5.41) is 4.81. The summed E-state index contributed by atoms with van der Waals surface area (Å²) < 4.78 is 0. The molecule has 1 aliphatic rings. The van der Waals surface area contributed by atoms with Crippen LogP contribution >= 0.6 is 0 Å². The van der Waals surface area contributed by atoms with Gasteiger partial charge in [0.2, 0.25) is 0 Å². The summed E-state index contributed by atoms with van der Waals surface area (Å²) in [6, 6.07) is 8.61. The molecule has 1 saturated carbocycles. The van der Waals surface area contributed by atoms with Gasteiger partial charge in [0, 0.05) is 24.3 Å². The number of aromatic amines is 1. The lowest BCUT2D eigenvalue weighted by atomic mass is 9.85. The number of nitrogens with two attached hydrogens (primary N) is 1. The predicted octanol–water partition coefficient (Wildman–Crippen LogP) is 2.52. The van der Waals surface area contributed by atoms with Crippen LogP contribution in [0.25, 0.3) is 10.9 Å². The van der Waals surface area contributed by atoms with E-state index in [4.69, 9.17) is 5.73 Å². The first-order valence-electron chi connectivity index (χ1n) is 6.86. The topological polar surface area (TPSA) is 53.8 Å². The van der Waals surface area contributed by atoms with Crippen LogP contribution in [0.2, 0.25) is 0 Å². The third kappa shape index (κ3) is 2.42. The van der Waals surface area contributed by atoms with E-state index in [2.05, 4.69) is 34.6 Å². The zero-order chi connectivity index (χ0) is 12.4. The third-order valence-corrected chi connectivity index (χ3v) is 3.95. The van der Waals surface area contributed by atoms with E-state index in [0.717, 1.165) is 19.0 Å². The lowest BCUT2D eigenvalue weighted by Crippen LogP contribution is -2.26. The fourth-order valence-corrected chi connectivity index (χ4v) is 2.56. The van der Waals surface area contributed by atoms with Crippen molar-refractivity contribution in [3.05, 3.63) is 35.5 Å². The minimum absolute atomic E-state index is 0.601. The van der Waals surface area contributed by atoms with Crippen molar-refractivity contribution in [2.45, 2.75) is 32.4 Å². The zero-order valence-corrected chi connectivity index (χ0v) is 10.7. The smallest absolute Gasteiger partial charge is 0.0459 e. The van der Waals surface area contributed by atoms with Crippen LogP contribution in [-0.4, -0.2) is 11.5 Å². The molecule has 0 unspecified atom stereocenters. The molecule has 1 aromatic carbocycles. The van der Waals surface area contributed by atoms with Crippen LogP contribution < -0.4 is 11.1 Å². The van der Waals surface area contributed by atoms with Crippen molar-refractivity contribution in [1.82, 2.24) is 10.3 Å². The Balaban J connectivity index is 1.64. The largest absolute Gasteiger partial charge is 0.357 e. The molecule has 2 aromatic rings.